The number of anilines is 4. The van der Waals surface area contributed by atoms with Gasteiger partial charge in [0, 0.05) is 84.3 Å². The third-order valence-electron chi connectivity index (χ3n) is 13.7. The standard InChI is InChI=1S/C29H25N5O7.C28H27N5O5/c35-23(26(36)30-21-10-8-17(9-11-21)25-31-29(39)41-32-25)24-28(38)34(12-13-40-24)22-7-3-6-18(14-22)27(37)33-15-19-4-1-2-5-20(19)16-33;29-25(30)17-8-10-21(11-9-17)31-26(35)23(34)24-28(37)33(12-13-38-24)22-7-3-6-18(14-22)27(36)32-15-19-4-1-2-5-20(19)16-32/h1-11,14,23-24,35H,12-13,15-16H2,(H,30,36)(H,31,32,39);1-11,14,23-24,34H,12-13,15-16H2,(H3,29,30)(H,31,35)/t2*23-,24-/m11/s1. The van der Waals surface area contributed by atoms with Crippen molar-refractivity contribution in [3.8, 4) is 11.4 Å². The average molecular weight is 1070 g/mol. The summed E-state index contributed by atoms with van der Waals surface area (Å²) in [6.45, 7) is 2.68. The predicted octanol–water partition coefficient (Wildman–Crippen LogP) is 3.78. The van der Waals surface area contributed by atoms with Gasteiger partial charge < -0.3 is 55.7 Å². The summed E-state index contributed by atoms with van der Waals surface area (Å²) in [7, 11) is 0. The van der Waals surface area contributed by atoms with Crippen LogP contribution in [0, 0.1) is 5.41 Å². The molecule has 22 nitrogen and oxygen atoms in total. The van der Waals surface area contributed by atoms with E-state index < -0.39 is 53.8 Å². The fourth-order valence-corrected chi connectivity index (χ4v) is 9.62. The molecule has 6 aromatic carbocycles. The molecule has 0 bridgehead atoms. The number of amidine groups is 1. The summed E-state index contributed by atoms with van der Waals surface area (Å²) >= 11 is 0. The maximum atomic E-state index is 13.3. The van der Waals surface area contributed by atoms with Crippen molar-refractivity contribution in [2.75, 3.05) is 46.7 Å². The number of nitrogen functional groups attached to an aromatic ring is 1. The molecule has 2 saturated heterocycles. The highest BCUT2D eigenvalue weighted by Gasteiger charge is 2.41. The number of hydrogen-bond donors (Lipinski definition) is 7. The van der Waals surface area contributed by atoms with Gasteiger partial charge >= 0.3 is 5.76 Å². The third-order valence-corrected chi connectivity index (χ3v) is 13.7. The summed E-state index contributed by atoms with van der Waals surface area (Å²) in [4.78, 5) is 98.4. The van der Waals surface area contributed by atoms with Crippen molar-refractivity contribution >= 4 is 64.0 Å². The first-order chi connectivity index (χ1) is 38.2. The predicted molar refractivity (Wildman–Crippen MR) is 286 cm³/mol. The Labute approximate surface area is 450 Å². The van der Waals surface area contributed by atoms with E-state index in [0.29, 0.717) is 71.2 Å². The first-order valence-electron chi connectivity index (χ1n) is 25.1. The largest absolute Gasteiger partial charge is 0.439 e. The van der Waals surface area contributed by atoms with Gasteiger partial charge in [0.2, 0.25) is 0 Å². The summed E-state index contributed by atoms with van der Waals surface area (Å²) < 4.78 is 15.5. The molecular weight excluding hydrogens is 1020 g/mol. The molecule has 0 radical (unpaired) electrons. The van der Waals surface area contributed by atoms with Crippen molar-refractivity contribution in [2.24, 2.45) is 5.73 Å². The Morgan fingerprint density at radius 1 is 0.582 bits per heavy atom. The smallest absolute Gasteiger partial charge is 0.384 e. The second-order valence-corrected chi connectivity index (χ2v) is 18.9. The number of hydrogen-bond acceptors (Lipinski definition) is 14. The van der Waals surface area contributed by atoms with E-state index in [1.54, 1.807) is 107 Å². The van der Waals surface area contributed by atoms with Crippen molar-refractivity contribution in [3.05, 3.63) is 195 Å². The second-order valence-electron chi connectivity index (χ2n) is 18.9. The van der Waals surface area contributed by atoms with E-state index in [-0.39, 0.29) is 49.8 Å². The molecule has 0 saturated carbocycles. The molecule has 0 aliphatic carbocycles. The highest BCUT2D eigenvalue weighted by Crippen LogP contribution is 2.30. The van der Waals surface area contributed by atoms with Crippen molar-refractivity contribution < 1.29 is 53.0 Å². The van der Waals surface area contributed by atoms with Crippen LogP contribution in [0.4, 0.5) is 22.7 Å². The lowest BCUT2D eigenvalue weighted by molar-refractivity contribution is -0.150. The lowest BCUT2D eigenvalue weighted by Crippen LogP contribution is -2.55. The molecule has 0 spiro atoms. The fraction of sp³-hybridized carbons (Fsp3) is 0.211. The van der Waals surface area contributed by atoms with E-state index in [4.69, 9.17) is 20.6 Å². The molecule has 79 heavy (non-hydrogen) atoms. The van der Waals surface area contributed by atoms with Gasteiger partial charge in [-0.25, -0.2) is 4.79 Å². The SMILES string of the molecule is N=C(N)c1ccc(NC(=O)[C@H](O)[C@H]2OCCN(c3cccc(C(=O)N4Cc5ccccc5C4)c3)C2=O)cc1.O=C(Nc1ccc(-c2noc(=O)[nH]2)cc1)[C@H](O)[C@H]1OCCN(c2cccc(C(=O)N3Cc4ccccc4C3)c2)C1=O. The van der Waals surface area contributed by atoms with E-state index in [1.165, 1.54) is 9.80 Å². The van der Waals surface area contributed by atoms with Crippen LogP contribution in [0.25, 0.3) is 11.4 Å². The zero-order chi connectivity index (χ0) is 55.3. The minimum absolute atomic E-state index is 0.0882. The van der Waals surface area contributed by atoms with Crippen LogP contribution in [-0.2, 0) is 54.8 Å². The molecule has 2 fully saturated rings. The molecule has 4 aliphatic heterocycles. The number of aromatic amines is 1. The number of nitrogens with zero attached hydrogens (tertiary/aromatic N) is 5. The van der Waals surface area contributed by atoms with E-state index >= 15 is 0 Å². The van der Waals surface area contributed by atoms with E-state index in [9.17, 15) is 43.8 Å². The number of aliphatic hydroxyl groups excluding tert-OH is 2. The molecule has 8 N–H and O–H groups in total. The first-order valence-corrected chi connectivity index (χ1v) is 25.1. The highest BCUT2D eigenvalue weighted by molar-refractivity contribution is 6.06. The van der Waals surface area contributed by atoms with Crippen LogP contribution >= 0.6 is 0 Å². The summed E-state index contributed by atoms with van der Waals surface area (Å²) in [6.07, 6.45) is -6.39. The number of fused-ring (bicyclic) bond motifs is 2. The molecule has 4 atom stereocenters. The van der Waals surface area contributed by atoms with Gasteiger partial charge in [0.05, 0.1) is 13.2 Å². The van der Waals surface area contributed by atoms with E-state index in [2.05, 4.69) is 25.3 Å². The minimum atomic E-state index is -1.79. The Hall–Kier alpha value is -9.61. The first kappa shape index (κ1) is 52.8. The fourth-order valence-electron chi connectivity index (χ4n) is 9.62. The van der Waals surface area contributed by atoms with Crippen molar-refractivity contribution in [1.29, 1.82) is 5.41 Å². The van der Waals surface area contributed by atoms with Crippen molar-refractivity contribution in [2.45, 2.75) is 50.6 Å². The summed E-state index contributed by atoms with van der Waals surface area (Å²) in [5.41, 5.74) is 13.5. The molecule has 5 heterocycles. The van der Waals surface area contributed by atoms with Gasteiger partial charge in [-0.15, -0.1) is 0 Å². The number of amides is 6. The number of nitrogens with two attached hydrogens (primary N) is 1. The minimum Gasteiger partial charge on any atom is -0.384 e. The van der Waals surface area contributed by atoms with Crippen LogP contribution in [0.2, 0.25) is 0 Å². The summed E-state index contributed by atoms with van der Waals surface area (Å²) in [5, 5.41) is 37.5. The normalized spacial score (nSPS) is 17.4. The van der Waals surface area contributed by atoms with Gasteiger partial charge in [-0.1, -0.05) is 65.8 Å². The highest BCUT2D eigenvalue weighted by atomic mass is 16.5. The molecule has 4 aliphatic rings. The van der Waals surface area contributed by atoms with Crippen LogP contribution in [0.1, 0.15) is 48.5 Å². The quantitative estimate of drug-likeness (QED) is 0.0677. The number of carbonyl (C=O) groups is 6. The average Bonchev–Trinajstić information content (AvgIpc) is 4.25. The monoisotopic (exact) mass is 1070 g/mol. The Bertz CT molecular complexity index is 3500. The number of H-pyrrole nitrogens is 1. The summed E-state index contributed by atoms with van der Waals surface area (Å²) in [5.74, 6) is -3.68. The lowest BCUT2D eigenvalue weighted by atomic mass is 10.1. The lowest BCUT2D eigenvalue weighted by Gasteiger charge is -2.34. The molecule has 11 rings (SSSR count). The van der Waals surface area contributed by atoms with Gasteiger partial charge in [-0.3, -0.25) is 43.7 Å². The Morgan fingerprint density at radius 2 is 1.00 bits per heavy atom. The number of aliphatic hydroxyl groups is 2. The van der Waals surface area contributed by atoms with E-state index in [1.807, 2.05) is 48.5 Å². The second kappa shape index (κ2) is 22.9. The maximum absolute atomic E-state index is 13.3. The molecule has 402 valence electrons. The number of carbonyl (C=O) groups excluding carboxylic acids is 6. The van der Waals surface area contributed by atoms with Crippen LogP contribution in [0.3, 0.4) is 0 Å². The molecule has 6 amide bonds. The number of nitrogens with one attached hydrogen (secondary N) is 4. The van der Waals surface area contributed by atoms with Crippen LogP contribution in [0.15, 0.2) is 155 Å². The van der Waals surface area contributed by atoms with Gasteiger partial charge in [0.25, 0.3) is 35.4 Å². The Kier molecular flexibility index (Phi) is 15.3. The van der Waals surface area contributed by atoms with Crippen LogP contribution in [0.5, 0.6) is 0 Å². The summed E-state index contributed by atoms with van der Waals surface area (Å²) in [6, 6.07) is 41.8. The number of benzene rings is 6. The van der Waals surface area contributed by atoms with E-state index in [0.717, 1.165) is 22.3 Å². The molecule has 0 unspecified atom stereocenters. The topological polar surface area (TPSA) is 307 Å². The zero-order valence-electron chi connectivity index (χ0n) is 42.1. The molecule has 1 aromatic heterocycles. The number of morpholine rings is 2. The molecule has 7 aromatic rings. The molecular formula is C57H52N10O12. The van der Waals surface area contributed by atoms with Crippen LogP contribution < -0.4 is 31.9 Å². The number of ether oxygens (including phenoxy) is 2. The zero-order valence-corrected chi connectivity index (χ0v) is 42.1. The van der Waals surface area contributed by atoms with Gasteiger partial charge in [-0.2, -0.15) is 0 Å². The van der Waals surface area contributed by atoms with Crippen molar-refractivity contribution in [3.63, 3.8) is 0 Å². The van der Waals surface area contributed by atoms with Gasteiger partial charge in [0.15, 0.2) is 30.2 Å². The van der Waals surface area contributed by atoms with Crippen LogP contribution in [-0.4, -0.2) is 122 Å². The van der Waals surface area contributed by atoms with Gasteiger partial charge in [0.1, 0.15) is 5.84 Å². The number of rotatable bonds is 12. The Balaban J connectivity index is 0.000000179. The van der Waals surface area contributed by atoms with Gasteiger partial charge in [-0.05, 0) is 107 Å². The Morgan fingerprint density at radius 3 is 1.39 bits per heavy atom. The van der Waals surface area contributed by atoms with Crippen molar-refractivity contribution in [1.82, 2.24) is 19.9 Å². The molecule has 22 heteroatoms. The number of aromatic nitrogens is 2. The third kappa shape index (κ3) is 11.6. The maximum Gasteiger partial charge on any atom is 0.439 e.